The molecule has 0 saturated heterocycles. The van der Waals surface area contributed by atoms with Gasteiger partial charge in [-0.25, -0.2) is 4.79 Å². The molecule has 3 aromatic rings. The SMILES string of the molecule is CC(C)Cc1ccc(C2=NOC(=O)c3cc4ccccc4n3C2)cc1. The van der Waals surface area contributed by atoms with Gasteiger partial charge in [-0.05, 0) is 30.0 Å². The number of benzene rings is 2. The lowest BCUT2D eigenvalue weighted by Crippen LogP contribution is -2.12. The van der Waals surface area contributed by atoms with E-state index in [0.29, 0.717) is 18.2 Å². The van der Waals surface area contributed by atoms with Gasteiger partial charge >= 0.3 is 5.97 Å². The molecule has 2 heterocycles. The van der Waals surface area contributed by atoms with Gasteiger partial charge in [-0.2, -0.15) is 0 Å². The lowest BCUT2D eigenvalue weighted by molar-refractivity contribution is 0.0513. The Balaban J connectivity index is 1.71. The van der Waals surface area contributed by atoms with E-state index in [0.717, 1.165) is 28.6 Å². The molecule has 0 bridgehead atoms. The molecule has 0 spiro atoms. The number of fused-ring (bicyclic) bond motifs is 3. The zero-order valence-corrected chi connectivity index (χ0v) is 14.4. The second-order valence-corrected chi connectivity index (χ2v) is 6.89. The number of oxime groups is 1. The van der Waals surface area contributed by atoms with Crippen LogP contribution in [0.1, 0.15) is 35.5 Å². The first-order valence-corrected chi connectivity index (χ1v) is 8.57. The summed E-state index contributed by atoms with van der Waals surface area (Å²) in [6.07, 6.45) is 1.05. The van der Waals surface area contributed by atoms with Gasteiger partial charge in [0, 0.05) is 16.5 Å². The number of hydrogen-bond donors (Lipinski definition) is 0. The third-order valence-corrected chi connectivity index (χ3v) is 4.50. The second kappa shape index (κ2) is 6.20. The van der Waals surface area contributed by atoms with E-state index in [-0.39, 0.29) is 0 Å². The molecule has 25 heavy (non-hydrogen) atoms. The molecule has 4 nitrogen and oxygen atoms in total. The summed E-state index contributed by atoms with van der Waals surface area (Å²) >= 11 is 0. The maximum absolute atomic E-state index is 12.3. The summed E-state index contributed by atoms with van der Waals surface area (Å²) in [7, 11) is 0. The lowest BCUT2D eigenvalue weighted by atomic mass is 10.0. The van der Waals surface area contributed by atoms with Crippen LogP contribution in [0.3, 0.4) is 0 Å². The Morgan fingerprint density at radius 3 is 2.64 bits per heavy atom. The molecule has 126 valence electrons. The van der Waals surface area contributed by atoms with E-state index >= 15 is 0 Å². The summed E-state index contributed by atoms with van der Waals surface area (Å²) in [6.45, 7) is 4.93. The molecule has 0 saturated carbocycles. The van der Waals surface area contributed by atoms with E-state index in [2.05, 4.69) is 43.3 Å². The van der Waals surface area contributed by atoms with Crippen LogP contribution in [0.15, 0.2) is 59.8 Å². The summed E-state index contributed by atoms with van der Waals surface area (Å²) in [5, 5.41) is 5.14. The van der Waals surface area contributed by atoms with Crippen molar-refractivity contribution in [1.29, 1.82) is 0 Å². The van der Waals surface area contributed by atoms with Crippen LogP contribution < -0.4 is 0 Å². The van der Waals surface area contributed by atoms with Crippen LogP contribution in [0, 0.1) is 5.92 Å². The molecule has 1 aliphatic rings. The highest BCUT2D eigenvalue weighted by atomic mass is 16.7. The van der Waals surface area contributed by atoms with Gasteiger partial charge in [-0.3, -0.25) is 0 Å². The van der Waals surface area contributed by atoms with Crippen LogP contribution in [-0.4, -0.2) is 16.2 Å². The maximum Gasteiger partial charge on any atom is 0.382 e. The van der Waals surface area contributed by atoms with E-state index < -0.39 is 5.97 Å². The number of hydrogen-bond acceptors (Lipinski definition) is 3. The molecule has 2 aromatic carbocycles. The molecule has 0 aliphatic carbocycles. The van der Waals surface area contributed by atoms with Gasteiger partial charge in [0.2, 0.25) is 0 Å². The standard InChI is InChI=1S/C21H20N2O2/c1-14(2)11-15-7-9-16(10-8-15)18-13-23-19-6-4-3-5-17(19)12-20(23)21(24)25-22-18/h3-10,12,14H,11,13H2,1-2H3. The molecule has 0 fully saturated rings. The first kappa shape index (κ1) is 15.6. The van der Waals surface area contributed by atoms with Crippen molar-refractivity contribution in [2.24, 2.45) is 11.1 Å². The average Bonchev–Trinajstić information content (AvgIpc) is 2.89. The van der Waals surface area contributed by atoms with Crippen molar-refractivity contribution in [3.05, 3.63) is 71.4 Å². The quantitative estimate of drug-likeness (QED) is 0.667. The van der Waals surface area contributed by atoms with Crippen molar-refractivity contribution in [2.75, 3.05) is 0 Å². The Morgan fingerprint density at radius 2 is 1.88 bits per heavy atom. The molecule has 1 aliphatic heterocycles. The van der Waals surface area contributed by atoms with E-state index in [9.17, 15) is 4.79 Å². The molecule has 0 amide bonds. The Kier molecular flexibility index (Phi) is 3.88. The van der Waals surface area contributed by atoms with Gasteiger partial charge in [0.15, 0.2) is 0 Å². The zero-order valence-electron chi connectivity index (χ0n) is 14.4. The van der Waals surface area contributed by atoms with E-state index in [1.165, 1.54) is 5.56 Å². The highest BCUT2D eigenvalue weighted by Crippen LogP contribution is 2.23. The number of aromatic nitrogens is 1. The molecular formula is C21H20N2O2. The number of carbonyl (C=O) groups excluding carboxylic acids is 1. The Bertz CT molecular complexity index is 965. The highest BCUT2D eigenvalue weighted by molar-refractivity contribution is 6.04. The molecule has 4 rings (SSSR count). The number of carbonyl (C=O) groups is 1. The number of para-hydroxylation sites is 1. The summed E-state index contributed by atoms with van der Waals surface area (Å²) in [5.74, 6) is 0.207. The van der Waals surface area contributed by atoms with Crippen LogP contribution in [-0.2, 0) is 17.8 Å². The minimum Gasteiger partial charge on any atom is -0.329 e. The largest absolute Gasteiger partial charge is 0.382 e. The first-order valence-electron chi connectivity index (χ1n) is 8.57. The predicted octanol–water partition coefficient (Wildman–Crippen LogP) is 4.41. The van der Waals surface area contributed by atoms with Gasteiger partial charge < -0.3 is 9.40 Å². The summed E-state index contributed by atoms with van der Waals surface area (Å²) in [6, 6.07) is 18.2. The highest BCUT2D eigenvalue weighted by Gasteiger charge is 2.22. The van der Waals surface area contributed by atoms with Crippen molar-refractivity contribution in [3.8, 4) is 0 Å². The molecule has 0 atom stereocenters. The average molecular weight is 332 g/mol. The molecule has 0 radical (unpaired) electrons. The fourth-order valence-electron chi connectivity index (χ4n) is 3.32. The van der Waals surface area contributed by atoms with Crippen LogP contribution in [0.4, 0.5) is 0 Å². The molecular weight excluding hydrogens is 312 g/mol. The van der Waals surface area contributed by atoms with Gasteiger partial charge in [0.1, 0.15) is 11.4 Å². The Labute approximate surface area is 146 Å². The third kappa shape index (κ3) is 2.95. The molecule has 0 N–H and O–H groups in total. The Morgan fingerprint density at radius 1 is 1.12 bits per heavy atom. The van der Waals surface area contributed by atoms with Crippen LogP contribution in [0.2, 0.25) is 0 Å². The number of nitrogens with zero attached hydrogens (tertiary/aromatic N) is 2. The van der Waals surface area contributed by atoms with E-state index in [1.807, 2.05) is 34.9 Å². The van der Waals surface area contributed by atoms with Gasteiger partial charge in [0.05, 0.1) is 6.54 Å². The van der Waals surface area contributed by atoms with Gasteiger partial charge in [-0.1, -0.05) is 61.5 Å². The Hall–Kier alpha value is -2.88. The van der Waals surface area contributed by atoms with Crippen LogP contribution in [0.5, 0.6) is 0 Å². The second-order valence-electron chi connectivity index (χ2n) is 6.89. The fraction of sp³-hybridized carbons (Fsp3) is 0.238. The van der Waals surface area contributed by atoms with Gasteiger partial charge in [0.25, 0.3) is 0 Å². The van der Waals surface area contributed by atoms with Gasteiger partial charge in [-0.15, -0.1) is 0 Å². The fourth-order valence-corrected chi connectivity index (χ4v) is 3.32. The minimum absolute atomic E-state index is 0.414. The van der Waals surface area contributed by atoms with Crippen molar-refractivity contribution in [2.45, 2.75) is 26.8 Å². The van der Waals surface area contributed by atoms with Crippen LogP contribution >= 0.6 is 0 Å². The van der Waals surface area contributed by atoms with Crippen molar-refractivity contribution >= 4 is 22.6 Å². The summed E-state index contributed by atoms with van der Waals surface area (Å²) in [4.78, 5) is 17.4. The van der Waals surface area contributed by atoms with E-state index in [1.54, 1.807) is 0 Å². The molecule has 4 heteroatoms. The van der Waals surface area contributed by atoms with Crippen molar-refractivity contribution in [1.82, 2.24) is 4.57 Å². The first-order chi connectivity index (χ1) is 12.1. The van der Waals surface area contributed by atoms with Crippen molar-refractivity contribution in [3.63, 3.8) is 0 Å². The molecule has 1 aromatic heterocycles. The van der Waals surface area contributed by atoms with Crippen molar-refractivity contribution < 1.29 is 9.63 Å². The normalized spacial score (nSPS) is 14.2. The van der Waals surface area contributed by atoms with E-state index in [4.69, 9.17) is 4.84 Å². The molecule has 0 unspecified atom stereocenters. The minimum atomic E-state index is -0.414. The van der Waals surface area contributed by atoms with Crippen LogP contribution in [0.25, 0.3) is 10.9 Å². The summed E-state index contributed by atoms with van der Waals surface area (Å²) < 4.78 is 1.98. The smallest absolute Gasteiger partial charge is 0.329 e. The maximum atomic E-state index is 12.3. The summed E-state index contributed by atoms with van der Waals surface area (Å²) in [5.41, 5.74) is 4.59. The zero-order chi connectivity index (χ0) is 17.4. The predicted molar refractivity (Wildman–Crippen MR) is 98.9 cm³/mol. The lowest BCUT2D eigenvalue weighted by Gasteiger charge is -2.09. The third-order valence-electron chi connectivity index (χ3n) is 4.50. The number of rotatable bonds is 3. The monoisotopic (exact) mass is 332 g/mol. The topological polar surface area (TPSA) is 43.6 Å².